The molecule has 104 valence electrons. The topological polar surface area (TPSA) is 80.1 Å². The SMILES string of the molecule is CNC(=O)C1CCCCN1C(=O)CCn1cncn1. The van der Waals surface area contributed by atoms with Crippen LogP contribution in [-0.2, 0) is 16.1 Å². The Morgan fingerprint density at radius 3 is 2.95 bits per heavy atom. The first kappa shape index (κ1) is 13.5. The molecule has 1 fully saturated rings. The van der Waals surface area contributed by atoms with Crippen molar-refractivity contribution >= 4 is 11.8 Å². The molecule has 1 aliphatic rings. The third kappa shape index (κ3) is 3.30. The minimum Gasteiger partial charge on any atom is -0.357 e. The summed E-state index contributed by atoms with van der Waals surface area (Å²) in [6, 6.07) is -0.318. The first-order valence-electron chi connectivity index (χ1n) is 6.56. The van der Waals surface area contributed by atoms with E-state index in [2.05, 4.69) is 15.4 Å². The highest BCUT2D eigenvalue weighted by molar-refractivity contribution is 5.87. The molecule has 1 aromatic heterocycles. The molecule has 1 saturated heterocycles. The summed E-state index contributed by atoms with van der Waals surface area (Å²) in [5.74, 6) is -0.0717. The molecule has 1 aliphatic heterocycles. The molecule has 0 radical (unpaired) electrons. The fraction of sp³-hybridized carbons (Fsp3) is 0.667. The Kier molecular flexibility index (Phi) is 4.48. The zero-order valence-corrected chi connectivity index (χ0v) is 11.1. The number of hydrogen-bond acceptors (Lipinski definition) is 4. The van der Waals surface area contributed by atoms with Crippen molar-refractivity contribution in [1.82, 2.24) is 25.0 Å². The van der Waals surface area contributed by atoms with Gasteiger partial charge in [-0.1, -0.05) is 0 Å². The molecule has 1 atom stereocenters. The number of aromatic nitrogens is 3. The van der Waals surface area contributed by atoms with Gasteiger partial charge in [-0.3, -0.25) is 14.3 Å². The van der Waals surface area contributed by atoms with Crippen LogP contribution >= 0.6 is 0 Å². The quantitative estimate of drug-likeness (QED) is 0.817. The van der Waals surface area contributed by atoms with Crippen molar-refractivity contribution in [2.45, 2.75) is 38.3 Å². The number of piperidine rings is 1. The van der Waals surface area contributed by atoms with Crippen molar-refractivity contribution in [3.8, 4) is 0 Å². The largest absolute Gasteiger partial charge is 0.357 e. The van der Waals surface area contributed by atoms with Gasteiger partial charge in [-0.2, -0.15) is 5.10 Å². The third-order valence-corrected chi connectivity index (χ3v) is 3.39. The molecule has 1 N–H and O–H groups in total. The third-order valence-electron chi connectivity index (χ3n) is 3.39. The van der Waals surface area contributed by atoms with Crippen LogP contribution < -0.4 is 5.32 Å². The van der Waals surface area contributed by atoms with Gasteiger partial charge in [0.25, 0.3) is 0 Å². The smallest absolute Gasteiger partial charge is 0.242 e. The molecule has 0 aliphatic carbocycles. The van der Waals surface area contributed by atoms with E-state index in [0.29, 0.717) is 19.5 Å². The van der Waals surface area contributed by atoms with Crippen LogP contribution in [0.3, 0.4) is 0 Å². The Bertz CT molecular complexity index is 431. The van der Waals surface area contributed by atoms with Gasteiger partial charge in [-0.25, -0.2) is 4.98 Å². The summed E-state index contributed by atoms with van der Waals surface area (Å²) in [6.45, 7) is 1.16. The summed E-state index contributed by atoms with van der Waals surface area (Å²) in [4.78, 5) is 29.5. The van der Waals surface area contributed by atoms with Crippen LogP contribution in [-0.4, -0.2) is 51.1 Å². The minimum atomic E-state index is -0.318. The van der Waals surface area contributed by atoms with Crippen LogP contribution in [0.25, 0.3) is 0 Å². The molecule has 0 bridgehead atoms. The van der Waals surface area contributed by atoms with Crippen LogP contribution in [0.4, 0.5) is 0 Å². The number of rotatable bonds is 4. The number of amides is 2. The monoisotopic (exact) mass is 265 g/mol. The molecule has 1 unspecified atom stereocenters. The van der Waals surface area contributed by atoms with Gasteiger partial charge in [0, 0.05) is 20.0 Å². The summed E-state index contributed by atoms with van der Waals surface area (Å²) in [5, 5.41) is 6.59. The predicted octanol–water partition coefficient (Wildman–Crippen LogP) is -0.205. The maximum absolute atomic E-state index is 12.2. The van der Waals surface area contributed by atoms with Gasteiger partial charge in [0.1, 0.15) is 18.7 Å². The van der Waals surface area contributed by atoms with E-state index in [1.807, 2.05) is 0 Å². The summed E-state index contributed by atoms with van der Waals surface area (Å²) in [6.07, 6.45) is 6.07. The Hall–Kier alpha value is -1.92. The van der Waals surface area contributed by atoms with Crippen LogP contribution in [0.1, 0.15) is 25.7 Å². The lowest BCUT2D eigenvalue weighted by Gasteiger charge is -2.34. The number of nitrogens with zero attached hydrogens (tertiary/aromatic N) is 4. The lowest BCUT2D eigenvalue weighted by atomic mass is 10.0. The summed E-state index contributed by atoms with van der Waals surface area (Å²) in [7, 11) is 1.61. The van der Waals surface area contributed by atoms with Crippen molar-refractivity contribution in [2.75, 3.05) is 13.6 Å². The molecule has 19 heavy (non-hydrogen) atoms. The summed E-state index contributed by atoms with van der Waals surface area (Å²) >= 11 is 0. The highest BCUT2D eigenvalue weighted by Crippen LogP contribution is 2.18. The maximum atomic E-state index is 12.2. The van der Waals surface area contributed by atoms with Crippen molar-refractivity contribution in [3.05, 3.63) is 12.7 Å². The molecule has 0 spiro atoms. The van der Waals surface area contributed by atoms with Crippen molar-refractivity contribution in [2.24, 2.45) is 0 Å². The second-order valence-electron chi connectivity index (χ2n) is 4.62. The molecule has 7 heteroatoms. The van der Waals surface area contributed by atoms with E-state index >= 15 is 0 Å². The van der Waals surface area contributed by atoms with E-state index < -0.39 is 0 Å². The number of carbonyl (C=O) groups excluding carboxylic acids is 2. The van der Waals surface area contributed by atoms with Crippen LogP contribution in [0.2, 0.25) is 0 Å². The van der Waals surface area contributed by atoms with Gasteiger partial charge in [0.15, 0.2) is 0 Å². The number of carbonyl (C=O) groups is 2. The van der Waals surface area contributed by atoms with Crippen molar-refractivity contribution < 1.29 is 9.59 Å². The van der Waals surface area contributed by atoms with E-state index in [1.165, 1.54) is 6.33 Å². The second-order valence-corrected chi connectivity index (χ2v) is 4.62. The highest BCUT2D eigenvalue weighted by Gasteiger charge is 2.31. The Balaban J connectivity index is 1.93. The van der Waals surface area contributed by atoms with Crippen LogP contribution in [0.5, 0.6) is 0 Å². The number of nitrogens with one attached hydrogen (secondary N) is 1. The zero-order valence-electron chi connectivity index (χ0n) is 11.1. The average molecular weight is 265 g/mol. The normalized spacial score (nSPS) is 19.2. The summed E-state index contributed by atoms with van der Waals surface area (Å²) in [5.41, 5.74) is 0. The van der Waals surface area contributed by atoms with E-state index in [1.54, 1.807) is 23.0 Å². The molecule has 2 rings (SSSR count). The zero-order chi connectivity index (χ0) is 13.7. The van der Waals surface area contributed by atoms with Gasteiger partial charge in [-0.05, 0) is 19.3 Å². The van der Waals surface area contributed by atoms with Crippen LogP contribution in [0.15, 0.2) is 12.7 Å². The Morgan fingerprint density at radius 2 is 2.26 bits per heavy atom. The number of likely N-dealkylation sites (tertiary alicyclic amines) is 1. The number of likely N-dealkylation sites (N-methyl/N-ethyl adjacent to an activating group) is 1. The first-order chi connectivity index (χ1) is 9.22. The molecule has 2 amide bonds. The molecule has 0 aromatic carbocycles. The van der Waals surface area contributed by atoms with Crippen molar-refractivity contribution in [1.29, 1.82) is 0 Å². The van der Waals surface area contributed by atoms with Gasteiger partial charge < -0.3 is 10.2 Å². The minimum absolute atomic E-state index is 0.00352. The molecule has 2 heterocycles. The lowest BCUT2D eigenvalue weighted by Crippen LogP contribution is -2.51. The van der Waals surface area contributed by atoms with E-state index in [4.69, 9.17) is 0 Å². The second kappa shape index (κ2) is 6.31. The molecular formula is C12H19N5O2. The van der Waals surface area contributed by atoms with Crippen molar-refractivity contribution in [3.63, 3.8) is 0 Å². The standard InChI is InChI=1S/C12H19N5O2/c1-13-12(19)10-4-2-3-6-17(10)11(18)5-7-16-9-14-8-15-16/h8-10H,2-7H2,1H3,(H,13,19). The summed E-state index contributed by atoms with van der Waals surface area (Å²) < 4.78 is 1.62. The van der Waals surface area contributed by atoms with Gasteiger partial charge >= 0.3 is 0 Å². The maximum Gasteiger partial charge on any atom is 0.242 e. The van der Waals surface area contributed by atoms with E-state index in [-0.39, 0.29) is 17.9 Å². The van der Waals surface area contributed by atoms with Gasteiger partial charge in [0.2, 0.25) is 11.8 Å². The first-order valence-corrected chi connectivity index (χ1v) is 6.56. The molecule has 0 saturated carbocycles. The van der Waals surface area contributed by atoms with E-state index in [9.17, 15) is 9.59 Å². The predicted molar refractivity (Wildman–Crippen MR) is 68.1 cm³/mol. The van der Waals surface area contributed by atoms with Gasteiger partial charge in [0.05, 0.1) is 6.54 Å². The lowest BCUT2D eigenvalue weighted by molar-refractivity contribution is -0.142. The molecule has 7 nitrogen and oxygen atoms in total. The van der Waals surface area contributed by atoms with E-state index in [0.717, 1.165) is 19.3 Å². The highest BCUT2D eigenvalue weighted by atomic mass is 16.2. The number of hydrogen-bond donors (Lipinski definition) is 1. The average Bonchev–Trinajstić information content (AvgIpc) is 2.97. The van der Waals surface area contributed by atoms with Crippen LogP contribution in [0, 0.1) is 0 Å². The number of aryl methyl sites for hydroxylation is 1. The fourth-order valence-electron chi connectivity index (χ4n) is 2.37. The fourth-order valence-corrected chi connectivity index (χ4v) is 2.37. The van der Waals surface area contributed by atoms with Gasteiger partial charge in [-0.15, -0.1) is 0 Å². The molecular weight excluding hydrogens is 246 g/mol. The Morgan fingerprint density at radius 1 is 1.42 bits per heavy atom. The Labute approximate surface area is 112 Å². The molecule has 1 aromatic rings.